The highest BCUT2D eigenvalue weighted by molar-refractivity contribution is 7.91. The largest absolute Gasteiger partial charge is 0.354 e. The molecular weight excluding hydrogens is 240 g/mol. The lowest BCUT2D eigenvalue weighted by atomic mass is 9.87. The van der Waals surface area contributed by atoms with Crippen molar-refractivity contribution in [3.05, 3.63) is 0 Å². The van der Waals surface area contributed by atoms with Gasteiger partial charge in [0.05, 0.1) is 17.5 Å². The first-order valence-corrected chi connectivity index (χ1v) is 7.68. The van der Waals surface area contributed by atoms with Gasteiger partial charge in [0.25, 0.3) is 0 Å². The first-order valence-electron chi connectivity index (χ1n) is 5.85. The number of nitrogens with one attached hydrogen (secondary N) is 1. The molecule has 1 saturated heterocycles. The van der Waals surface area contributed by atoms with E-state index in [1.54, 1.807) is 0 Å². The highest BCUT2D eigenvalue weighted by Crippen LogP contribution is 2.19. The fraction of sp³-hybridized carbons (Fsp3) is 0.909. The standard InChI is InChI=1S/C11H22N2O3S/c1-11(2,3)9(12)10(14)13-6-8-4-5-17(15,16)7-8/h8-9H,4-7,12H2,1-3H3,(H,13,14)/t8?,9-/m1/s1. The lowest BCUT2D eigenvalue weighted by Crippen LogP contribution is -2.49. The van der Waals surface area contributed by atoms with Gasteiger partial charge in [-0.2, -0.15) is 0 Å². The minimum atomic E-state index is -2.87. The molecule has 17 heavy (non-hydrogen) atoms. The van der Waals surface area contributed by atoms with E-state index in [4.69, 9.17) is 5.73 Å². The van der Waals surface area contributed by atoms with Crippen molar-refractivity contribution in [1.82, 2.24) is 5.32 Å². The molecule has 0 radical (unpaired) electrons. The highest BCUT2D eigenvalue weighted by Gasteiger charge is 2.30. The molecule has 0 aliphatic carbocycles. The number of amides is 1. The summed E-state index contributed by atoms with van der Waals surface area (Å²) in [6, 6.07) is -0.569. The van der Waals surface area contributed by atoms with Crippen LogP contribution in [0.1, 0.15) is 27.2 Å². The Morgan fingerprint density at radius 2 is 2.06 bits per heavy atom. The maximum absolute atomic E-state index is 11.7. The molecule has 0 aromatic heterocycles. The van der Waals surface area contributed by atoms with Crippen LogP contribution in [0.4, 0.5) is 0 Å². The number of rotatable bonds is 3. The Morgan fingerprint density at radius 3 is 2.47 bits per heavy atom. The molecule has 1 amide bonds. The Balaban J connectivity index is 2.40. The summed E-state index contributed by atoms with van der Waals surface area (Å²) in [5, 5.41) is 2.74. The molecule has 0 aromatic carbocycles. The van der Waals surface area contributed by atoms with E-state index in [9.17, 15) is 13.2 Å². The van der Waals surface area contributed by atoms with Crippen molar-refractivity contribution in [2.45, 2.75) is 33.2 Å². The van der Waals surface area contributed by atoms with Gasteiger partial charge < -0.3 is 11.1 Å². The van der Waals surface area contributed by atoms with Crippen molar-refractivity contribution in [1.29, 1.82) is 0 Å². The normalized spacial score (nSPS) is 25.5. The topological polar surface area (TPSA) is 89.3 Å². The Kier molecular flexibility index (Phi) is 4.19. The Morgan fingerprint density at radius 1 is 1.47 bits per heavy atom. The number of sulfone groups is 1. The maximum Gasteiger partial charge on any atom is 0.237 e. The van der Waals surface area contributed by atoms with Gasteiger partial charge in [0, 0.05) is 6.54 Å². The lowest BCUT2D eigenvalue weighted by Gasteiger charge is -2.26. The molecule has 1 rings (SSSR count). The van der Waals surface area contributed by atoms with Crippen LogP contribution in [0.25, 0.3) is 0 Å². The zero-order valence-corrected chi connectivity index (χ0v) is 11.5. The third-order valence-electron chi connectivity index (χ3n) is 3.11. The van der Waals surface area contributed by atoms with E-state index in [-0.39, 0.29) is 28.7 Å². The number of hydrogen-bond acceptors (Lipinski definition) is 4. The van der Waals surface area contributed by atoms with E-state index < -0.39 is 15.9 Å². The Bertz CT molecular complexity index is 384. The number of nitrogens with two attached hydrogens (primary N) is 1. The van der Waals surface area contributed by atoms with Gasteiger partial charge >= 0.3 is 0 Å². The van der Waals surface area contributed by atoms with Gasteiger partial charge in [0.15, 0.2) is 9.84 Å². The van der Waals surface area contributed by atoms with Crippen LogP contribution >= 0.6 is 0 Å². The lowest BCUT2D eigenvalue weighted by molar-refractivity contribution is -0.124. The minimum absolute atomic E-state index is 0.0381. The predicted octanol–water partition coefficient (Wildman–Crippen LogP) is -0.0893. The average Bonchev–Trinajstić information content (AvgIpc) is 2.52. The van der Waals surface area contributed by atoms with E-state index in [2.05, 4.69) is 5.32 Å². The number of hydrogen-bond donors (Lipinski definition) is 2. The van der Waals surface area contributed by atoms with Crippen molar-refractivity contribution in [2.24, 2.45) is 17.1 Å². The molecular formula is C11H22N2O3S. The van der Waals surface area contributed by atoms with E-state index in [0.717, 1.165) is 0 Å². The zero-order chi connectivity index (χ0) is 13.3. The van der Waals surface area contributed by atoms with Crippen LogP contribution in [0.3, 0.4) is 0 Å². The first-order chi connectivity index (χ1) is 7.62. The fourth-order valence-electron chi connectivity index (χ4n) is 1.78. The fourth-order valence-corrected chi connectivity index (χ4v) is 3.64. The average molecular weight is 262 g/mol. The Hall–Kier alpha value is -0.620. The Labute approximate surface area is 103 Å². The van der Waals surface area contributed by atoms with Crippen molar-refractivity contribution in [2.75, 3.05) is 18.1 Å². The first kappa shape index (κ1) is 14.4. The van der Waals surface area contributed by atoms with Gasteiger partial charge in [0.1, 0.15) is 0 Å². The molecule has 0 aromatic rings. The molecule has 0 saturated carbocycles. The summed E-state index contributed by atoms with van der Waals surface area (Å²) in [4.78, 5) is 11.7. The summed E-state index contributed by atoms with van der Waals surface area (Å²) < 4.78 is 22.5. The van der Waals surface area contributed by atoms with Crippen LogP contribution in [0, 0.1) is 11.3 Å². The summed E-state index contributed by atoms with van der Waals surface area (Å²) >= 11 is 0. The van der Waals surface area contributed by atoms with Crippen molar-refractivity contribution in [3.8, 4) is 0 Å². The summed E-state index contributed by atoms with van der Waals surface area (Å²) in [7, 11) is -2.87. The molecule has 1 fully saturated rings. The van der Waals surface area contributed by atoms with Crippen molar-refractivity contribution < 1.29 is 13.2 Å². The minimum Gasteiger partial charge on any atom is -0.354 e. The molecule has 2 atom stereocenters. The second kappa shape index (κ2) is 4.94. The van der Waals surface area contributed by atoms with Crippen LogP contribution in [-0.4, -0.2) is 38.4 Å². The van der Waals surface area contributed by atoms with E-state index in [1.165, 1.54) is 0 Å². The summed E-state index contributed by atoms with van der Waals surface area (Å²) in [6.45, 7) is 6.10. The summed E-state index contributed by atoms with van der Waals surface area (Å²) in [5.41, 5.74) is 5.52. The second-order valence-corrected chi connectivity index (χ2v) is 8.09. The zero-order valence-electron chi connectivity index (χ0n) is 10.7. The molecule has 0 spiro atoms. The van der Waals surface area contributed by atoms with Crippen molar-refractivity contribution >= 4 is 15.7 Å². The van der Waals surface area contributed by atoms with Crippen LogP contribution < -0.4 is 11.1 Å². The monoisotopic (exact) mass is 262 g/mol. The molecule has 1 aliphatic rings. The molecule has 1 aliphatic heterocycles. The molecule has 3 N–H and O–H groups in total. The van der Waals surface area contributed by atoms with E-state index in [1.807, 2.05) is 20.8 Å². The SMILES string of the molecule is CC(C)(C)[C@H](N)C(=O)NCC1CCS(=O)(=O)C1. The van der Waals surface area contributed by atoms with Gasteiger partial charge in [-0.3, -0.25) is 4.79 Å². The maximum atomic E-state index is 11.7. The van der Waals surface area contributed by atoms with Crippen LogP contribution in [-0.2, 0) is 14.6 Å². The van der Waals surface area contributed by atoms with Gasteiger partial charge in [0.2, 0.25) is 5.91 Å². The molecule has 100 valence electrons. The molecule has 5 nitrogen and oxygen atoms in total. The third kappa shape index (κ3) is 4.27. The number of carbonyl (C=O) groups excluding carboxylic acids is 1. The van der Waals surface area contributed by atoms with Gasteiger partial charge in [-0.1, -0.05) is 20.8 Å². The molecule has 1 unspecified atom stereocenters. The van der Waals surface area contributed by atoms with Crippen LogP contribution in [0.15, 0.2) is 0 Å². The molecule has 1 heterocycles. The number of carbonyl (C=O) groups is 1. The van der Waals surface area contributed by atoms with Gasteiger partial charge in [-0.05, 0) is 17.8 Å². The van der Waals surface area contributed by atoms with E-state index in [0.29, 0.717) is 13.0 Å². The van der Waals surface area contributed by atoms with Crippen molar-refractivity contribution in [3.63, 3.8) is 0 Å². The second-order valence-electron chi connectivity index (χ2n) is 5.86. The van der Waals surface area contributed by atoms with Gasteiger partial charge in [-0.25, -0.2) is 8.42 Å². The van der Waals surface area contributed by atoms with E-state index >= 15 is 0 Å². The smallest absolute Gasteiger partial charge is 0.237 e. The predicted molar refractivity (Wildman–Crippen MR) is 67.2 cm³/mol. The molecule has 6 heteroatoms. The highest BCUT2D eigenvalue weighted by atomic mass is 32.2. The third-order valence-corrected chi connectivity index (χ3v) is 4.94. The van der Waals surface area contributed by atoms with Crippen LogP contribution in [0.2, 0.25) is 0 Å². The van der Waals surface area contributed by atoms with Crippen LogP contribution in [0.5, 0.6) is 0 Å². The quantitative estimate of drug-likeness (QED) is 0.744. The molecule has 0 bridgehead atoms. The summed E-state index contributed by atoms with van der Waals surface area (Å²) in [5.74, 6) is 0.245. The van der Waals surface area contributed by atoms with Gasteiger partial charge in [-0.15, -0.1) is 0 Å². The summed E-state index contributed by atoms with van der Waals surface area (Å²) in [6.07, 6.45) is 0.632.